The standard InChI is InChI=1S/C26H31N3O4S/c1-20-9-12-23(33-20)18-29(17-21-7-5-4-6-8-21)25(30)19-28(15-16-32-2)26(31)27-22-10-13-24(34-3)14-11-22/h4-14H,15-19H2,1-3H3,(H,27,31). The highest BCUT2D eigenvalue weighted by molar-refractivity contribution is 7.98. The molecule has 8 heteroatoms. The Morgan fingerprint density at radius 2 is 1.71 bits per heavy atom. The number of benzene rings is 2. The summed E-state index contributed by atoms with van der Waals surface area (Å²) in [5.74, 6) is 1.31. The first-order chi connectivity index (χ1) is 16.5. The van der Waals surface area contributed by atoms with Crippen molar-refractivity contribution in [2.24, 2.45) is 0 Å². The molecule has 0 bridgehead atoms. The van der Waals surface area contributed by atoms with Crippen LogP contribution in [-0.4, -0.2) is 54.8 Å². The lowest BCUT2D eigenvalue weighted by Crippen LogP contribution is -2.45. The van der Waals surface area contributed by atoms with E-state index in [0.717, 1.165) is 16.2 Å². The van der Waals surface area contributed by atoms with Gasteiger partial charge in [-0.05, 0) is 55.1 Å². The molecule has 0 aliphatic rings. The van der Waals surface area contributed by atoms with Crippen molar-refractivity contribution in [1.29, 1.82) is 0 Å². The number of thioether (sulfide) groups is 1. The number of rotatable bonds is 11. The second kappa shape index (κ2) is 12.9. The van der Waals surface area contributed by atoms with Crippen LogP contribution in [0.5, 0.6) is 0 Å². The molecule has 2 aromatic carbocycles. The summed E-state index contributed by atoms with van der Waals surface area (Å²) in [4.78, 5) is 30.7. The molecular weight excluding hydrogens is 450 g/mol. The Bertz CT molecular complexity index is 1050. The van der Waals surface area contributed by atoms with Crippen molar-refractivity contribution >= 4 is 29.4 Å². The first kappa shape index (κ1) is 25.4. The molecule has 0 aliphatic carbocycles. The molecule has 0 saturated carbocycles. The molecule has 7 nitrogen and oxygen atoms in total. The predicted molar refractivity (Wildman–Crippen MR) is 135 cm³/mol. The van der Waals surface area contributed by atoms with Gasteiger partial charge < -0.3 is 24.3 Å². The van der Waals surface area contributed by atoms with Gasteiger partial charge in [0.1, 0.15) is 18.1 Å². The van der Waals surface area contributed by atoms with Gasteiger partial charge in [-0.1, -0.05) is 30.3 Å². The van der Waals surface area contributed by atoms with E-state index in [0.29, 0.717) is 31.1 Å². The maximum atomic E-state index is 13.4. The lowest BCUT2D eigenvalue weighted by Gasteiger charge is -2.27. The highest BCUT2D eigenvalue weighted by Gasteiger charge is 2.23. The van der Waals surface area contributed by atoms with Gasteiger partial charge in [0.25, 0.3) is 0 Å². The van der Waals surface area contributed by atoms with E-state index in [2.05, 4.69) is 5.32 Å². The normalized spacial score (nSPS) is 10.7. The molecule has 0 fully saturated rings. The van der Waals surface area contributed by atoms with E-state index < -0.39 is 0 Å². The third-order valence-electron chi connectivity index (χ3n) is 5.23. The van der Waals surface area contributed by atoms with Crippen LogP contribution < -0.4 is 5.32 Å². The number of nitrogens with one attached hydrogen (secondary N) is 1. The number of anilines is 1. The molecule has 0 unspecified atom stereocenters. The number of aryl methyl sites for hydroxylation is 1. The summed E-state index contributed by atoms with van der Waals surface area (Å²) >= 11 is 1.63. The third-order valence-corrected chi connectivity index (χ3v) is 5.98. The van der Waals surface area contributed by atoms with Gasteiger partial charge in [-0.2, -0.15) is 0 Å². The second-order valence-corrected chi connectivity index (χ2v) is 8.70. The number of furan rings is 1. The summed E-state index contributed by atoms with van der Waals surface area (Å²) < 4.78 is 10.9. The van der Waals surface area contributed by atoms with Crippen molar-refractivity contribution in [3.05, 3.63) is 83.8 Å². The molecule has 0 aliphatic heterocycles. The zero-order valence-electron chi connectivity index (χ0n) is 19.8. The Hall–Kier alpha value is -3.23. The lowest BCUT2D eigenvalue weighted by molar-refractivity contribution is -0.133. The van der Waals surface area contributed by atoms with Crippen LogP contribution in [0, 0.1) is 6.92 Å². The van der Waals surface area contributed by atoms with Crippen molar-refractivity contribution < 1.29 is 18.7 Å². The first-order valence-corrected chi connectivity index (χ1v) is 12.3. The van der Waals surface area contributed by atoms with E-state index in [1.165, 1.54) is 4.90 Å². The van der Waals surface area contributed by atoms with Crippen LogP contribution in [-0.2, 0) is 22.6 Å². The van der Waals surface area contributed by atoms with Crippen molar-refractivity contribution in [2.75, 3.05) is 38.4 Å². The van der Waals surface area contributed by atoms with Gasteiger partial charge in [0.2, 0.25) is 5.91 Å². The van der Waals surface area contributed by atoms with Gasteiger partial charge in [-0.15, -0.1) is 11.8 Å². The Morgan fingerprint density at radius 3 is 2.32 bits per heavy atom. The number of carbonyl (C=O) groups excluding carboxylic acids is 2. The van der Waals surface area contributed by atoms with Crippen LogP contribution in [0.3, 0.4) is 0 Å². The quantitative estimate of drug-likeness (QED) is 0.389. The molecule has 3 rings (SSSR count). The minimum atomic E-state index is -0.351. The van der Waals surface area contributed by atoms with Gasteiger partial charge in [0, 0.05) is 30.8 Å². The van der Waals surface area contributed by atoms with Gasteiger partial charge in [0.15, 0.2) is 0 Å². The fourth-order valence-corrected chi connectivity index (χ4v) is 3.80. The number of methoxy groups -OCH3 is 1. The van der Waals surface area contributed by atoms with E-state index in [-0.39, 0.29) is 25.0 Å². The Balaban J connectivity index is 1.73. The fourth-order valence-electron chi connectivity index (χ4n) is 3.39. The zero-order chi connectivity index (χ0) is 24.3. The van der Waals surface area contributed by atoms with E-state index >= 15 is 0 Å². The van der Waals surface area contributed by atoms with Crippen LogP contribution in [0.2, 0.25) is 0 Å². The molecule has 0 radical (unpaired) electrons. The minimum absolute atomic E-state index is 0.0788. The van der Waals surface area contributed by atoms with Crippen molar-refractivity contribution in [3.63, 3.8) is 0 Å². The Labute approximate surface area is 205 Å². The fraction of sp³-hybridized carbons (Fsp3) is 0.308. The molecule has 34 heavy (non-hydrogen) atoms. The summed E-state index contributed by atoms with van der Waals surface area (Å²) in [5.41, 5.74) is 1.67. The lowest BCUT2D eigenvalue weighted by atomic mass is 10.2. The minimum Gasteiger partial charge on any atom is -0.464 e. The molecule has 0 atom stereocenters. The topological polar surface area (TPSA) is 75.0 Å². The molecule has 3 amide bonds. The number of hydrogen-bond donors (Lipinski definition) is 1. The summed E-state index contributed by atoms with van der Waals surface area (Å²) in [5, 5.41) is 2.88. The van der Waals surface area contributed by atoms with Crippen molar-refractivity contribution in [1.82, 2.24) is 9.80 Å². The molecule has 1 heterocycles. The summed E-state index contributed by atoms with van der Waals surface area (Å²) in [7, 11) is 1.57. The summed E-state index contributed by atoms with van der Waals surface area (Å²) in [6, 6.07) is 20.7. The average Bonchev–Trinajstić information content (AvgIpc) is 3.26. The smallest absolute Gasteiger partial charge is 0.322 e. The maximum Gasteiger partial charge on any atom is 0.322 e. The highest BCUT2D eigenvalue weighted by Crippen LogP contribution is 2.18. The zero-order valence-corrected chi connectivity index (χ0v) is 20.6. The number of amides is 3. The molecule has 0 spiro atoms. The van der Waals surface area contributed by atoms with Crippen LogP contribution >= 0.6 is 11.8 Å². The SMILES string of the molecule is COCCN(CC(=O)N(Cc1ccccc1)Cc1ccc(C)o1)C(=O)Nc1ccc(SC)cc1. The monoisotopic (exact) mass is 481 g/mol. The number of ether oxygens (including phenoxy) is 1. The largest absolute Gasteiger partial charge is 0.464 e. The van der Waals surface area contributed by atoms with Gasteiger partial charge in [-0.25, -0.2) is 4.79 Å². The molecular formula is C26H31N3O4S. The van der Waals surface area contributed by atoms with Crippen molar-refractivity contribution in [2.45, 2.75) is 24.9 Å². The van der Waals surface area contributed by atoms with E-state index in [4.69, 9.17) is 9.15 Å². The van der Waals surface area contributed by atoms with E-state index in [1.807, 2.05) is 79.9 Å². The van der Waals surface area contributed by atoms with Crippen LogP contribution in [0.25, 0.3) is 0 Å². The third kappa shape index (κ3) is 7.67. The number of nitrogens with zero attached hydrogens (tertiary/aromatic N) is 2. The number of hydrogen-bond acceptors (Lipinski definition) is 5. The summed E-state index contributed by atoms with van der Waals surface area (Å²) in [6.07, 6.45) is 2.00. The van der Waals surface area contributed by atoms with Crippen LogP contribution in [0.15, 0.2) is 76.0 Å². The Morgan fingerprint density at radius 1 is 0.971 bits per heavy atom. The van der Waals surface area contributed by atoms with Gasteiger partial charge in [-0.3, -0.25) is 4.79 Å². The molecule has 1 N–H and O–H groups in total. The molecule has 1 aromatic heterocycles. The Kier molecular flexibility index (Phi) is 9.61. The second-order valence-electron chi connectivity index (χ2n) is 7.82. The van der Waals surface area contributed by atoms with Crippen LogP contribution in [0.4, 0.5) is 10.5 Å². The predicted octanol–water partition coefficient (Wildman–Crippen LogP) is 5.02. The average molecular weight is 482 g/mol. The van der Waals surface area contributed by atoms with E-state index in [9.17, 15) is 9.59 Å². The molecule has 0 saturated heterocycles. The molecule has 180 valence electrons. The molecule has 3 aromatic rings. The van der Waals surface area contributed by atoms with Crippen molar-refractivity contribution in [3.8, 4) is 0 Å². The number of urea groups is 1. The number of carbonyl (C=O) groups is 2. The van der Waals surface area contributed by atoms with E-state index in [1.54, 1.807) is 23.8 Å². The van der Waals surface area contributed by atoms with Gasteiger partial charge >= 0.3 is 6.03 Å². The first-order valence-electron chi connectivity index (χ1n) is 11.0. The van der Waals surface area contributed by atoms with Gasteiger partial charge in [0.05, 0.1) is 13.2 Å². The highest BCUT2D eigenvalue weighted by atomic mass is 32.2. The summed E-state index contributed by atoms with van der Waals surface area (Å²) in [6.45, 7) is 3.13. The maximum absolute atomic E-state index is 13.4. The van der Waals surface area contributed by atoms with Crippen LogP contribution in [0.1, 0.15) is 17.1 Å².